The molecule has 0 atom stereocenters. The van der Waals surface area contributed by atoms with Gasteiger partial charge >= 0.3 is 0 Å². The van der Waals surface area contributed by atoms with Crippen LogP contribution in [-0.4, -0.2) is 32.1 Å². The summed E-state index contributed by atoms with van der Waals surface area (Å²) < 4.78 is 5.30. The van der Waals surface area contributed by atoms with Crippen LogP contribution in [0.5, 0.6) is 5.75 Å². The summed E-state index contributed by atoms with van der Waals surface area (Å²) in [6, 6.07) is 17.2. The zero-order valence-corrected chi connectivity index (χ0v) is 16.5. The first-order valence-corrected chi connectivity index (χ1v) is 8.93. The highest BCUT2D eigenvalue weighted by molar-refractivity contribution is 6.03. The number of carbonyl (C=O) groups is 1. The third-order valence-corrected chi connectivity index (χ3v) is 4.27. The van der Waals surface area contributed by atoms with Crippen molar-refractivity contribution in [1.82, 2.24) is 4.98 Å². The summed E-state index contributed by atoms with van der Waals surface area (Å²) in [4.78, 5) is 18.8. The normalized spacial score (nSPS) is 10.3. The van der Waals surface area contributed by atoms with Gasteiger partial charge in [0.2, 0.25) is 0 Å². The van der Waals surface area contributed by atoms with Crippen LogP contribution in [0.25, 0.3) is 0 Å². The van der Waals surface area contributed by atoms with Gasteiger partial charge in [-0.25, -0.2) is 4.98 Å². The van der Waals surface area contributed by atoms with Crippen LogP contribution in [0.1, 0.15) is 16.1 Å². The molecular weight excluding hydrogens is 352 g/mol. The Bertz CT molecular complexity index is 951. The van der Waals surface area contributed by atoms with Crippen molar-refractivity contribution in [3.05, 3.63) is 72.1 Å². The van der Waals surface area contributed by atoms with E-state index in [1.54, 1.807) is 19.4 Å². The Kier molecular flexibility index (Phi) is 5.79. The van der Waals surface area contributed by atoms with E-state index in [4.69, 9.17) is 4.74 Å². The van der Waals surface area contributed by atoms with Gasteiger partial charge in [-0.15, -0.1) is 0 Å². The largest absolute Gasteiger partial charge is 0.495 e. The zero-order chi connectivity index (χ0) is 20.1. The van der Waals surface area contributed by atoms with Gasteiger partial charge in [-0.3, -0.25) is 4.79 Å². The maximum absolute atomic E-state index is 12.5. The van der Waals surface area contributed by atoms with Crippen LogP contribution in [-0.2, 0) is 0 Å². The molecule has 1 heterocycles. The summed E-state index contributed by atoms with van der Waals surface area (Å²) in [5.74, 6) is 0.323. The molecule has 0 saturated heterocycles. The molecule has 0 radical (unpaired) electrons. The Hall–Kier alpha value is -3.54. The number of anilines is 4. The number of aryl methyl sites for hydroxylation is 1. The number of nitrogens with zero attached hydrogens (tertiary/aromatic N) is 2. The van der Waals surface area contributed by atoms with Crippen molar-refractivity contribution in [3.63, 3.8) is 0 Å². The van der Waals surface area contributed by atoms with Gasteiger partial charge < -0.3 is 20.3 Å². The van der Waals surface area contributed by atoms with Crippen LogP contribution >= 0.6 is 0 Å². The summed E-state index contributed by atoms with van der Waals surface area (Å²) in [6.45, 7) is 1.96. The predicted molar refractivity (Wildman–Crippen MR) is 114 cm³/mol. The molecule has 0 fully saturated rings. The molecule has 3 rings (SSSR count). The van der Waals surface area contributed by atoms with E-state index >= 15 is 0 Å². The Morgan fingerprint density at radius 3 is 2.32 bits per heavy atom. The SMILES string of the molecule is COc1ccc(C)cc1NC(=O)c1ccc(Nc2ccc(N(C)C)cc2)cn1. The van der Waals surface area contributed by atoms with Crippen molar-refractivity contribution in [1.29, 1.82) is 0 Å². The molecule has 0 unspecified atom stereocenters. The summed E-state index contributed by atoms with van der Waals surface area (Å²) in [5, 5.41) is 6.13. The van der Waals surface area contributed by atoms with Crippen molar-refractivity contribution < 1.29 is 9.53 Å². The summed E-state index contributed by atoms with van der Waals surface area (Å²) in [6.07, 6.45) is 1.64. The van der Waals surface area contributed by atoms with Gasteiger partial charge in [-0.1, -0.05) is 6.07 Å². The van der Waals surface area contributed by atoms with Crippen LogP contribution in [0, 0.1) is 6.92 Å². The van der Waals surface area contributed by atoms with Gasteiger partial charge in [-0.2, -0.15) is 0 Å². The third-order valence-electron chi connectivity index (χ3n) is 4.27. The highest BCUT2D eigenvalue weighted by Crippen LogP contribution is 2.26. The quantitative estimate of drug-likeness (QED) is 0.665. The minimum atomic E-state index is -0.286. The summed E-state index contributed by atoms with van der Waals surface area (Å²) in [5.41, 5.74) is 4.87. The number of rotatable bonds is 6. The molecule has 1 amide bonds. The first-order valence-electron chi connectivity index (χ1n) is 8.93. The van der Waals surface area contributed by atoms with E-state index in [-0.39, 0.29) is 5.91 Å². The molecule has 0 spiro atoms. The van der Waals surface area contributed by atoms with E-state index in [9.17, 15) is 4.79 Å². The van der Waals surface area contributed by atoms with E-state index in [1.165, 1.54) is 0 Å². The fourth-order valence-corrected chi connectivity index (χ4v) is 2.72. The van der Waals surface area contributed by atoms with Crippen molar-refractivity contribution >= 4 is 28.7 Å². The molecule has 6 nitrogen and oxygen atoms in total. The molecule has 6 heteroatoms. The van der Waals surface area contributed by atoms with Crippen LogP contribution in [0.2, 0.25) is 0 Å². The van der Waals surface area contributed by atoms with Gasteiger partial charge in [0.05, 0.1) is 24.7 Å². The van der Waals surface area contributed by atoms with Gasteiger partial charge in [0.1, 0.15) is 11.4 Å². The molecule has 0 saturated carbocycles. The number of amides is 1. The molecule has 0 bridgehead atoms. The standard InChI is InChI=1S/C22H24N4O2/c1-15-5-12-21(28-4)20(13-15)25-22(27)19-11-8-17(14-23-19)24-16-6-9-18(10-7-16)26(2)3/h5-14,24H,1-4H3,(H,25,27). The first kappa shape index (κ1) is 19.2. The number of nitrogens with one attached hydrogen (secondary N) is 2. The maximum atomic E-state index is 12.5. The monoisotopic (exact) mass is 376 g/mol. The number of hydrogen-bond donors (Lipinski definition) is 2. The van der Waals surface area contributed by atoms with Gasteiger partial charge in [0, 0.05) is 25.5 Å². The average Bonchev–Trinajstić information content (AvgIpc) is 2.69. The lowest BCUT2D eigenvalue weighted by molar-refractivity contribution is 0.102. The Morgan fingerprint density at radius 2 is 1.71 bits per heavy atom. The third kappa shape index (κ3) is 4.59. The van der Waals surface area contributed by atoms with Gasteiger partial charge in [-0.05, 0) is 61.0 Å². The second-order valence-electron chi connectivity index (χ2n) is 6.66. The molecule has 28 heavy (non-hydrogen) atoms. The van der Waals surface area contributed by atoms with Gasteiger partial charge in [0.25, 0.3) is 5.91 Å². The number of aromatic nitrogens is 1. The summed E-state index contributed by atoms with van der Waals surface area (Å²) >= 11 is 0. The van der Waals surface area contributed by atoms with E-state index in [0.29, 0.717) is 17.1 Å². The fourth-order valence-electron chi connectivity index (χ4n) is 2.72. The molecule has 2 aromatic carbocycles. The Balaban J connectivity index is 1.68. The summed E-state index contributed by atoms with van der Waals surface area (Å²) in [7, 11) is 5.58. The molecule has 2 N–H and O–H groups in total. The molecular formula is C22H24N4O2. The first-order chi connectivity index (χ1) is 13.5. The van der Waals surface area contributed by atoms with Crippen LogP contribution in [0.15, 0.2) is 60.8 Å². The highest BCUT2D eigenvalue weighted by atomic mass is 16.5. The van der Waals surface area contributed by atoms with Crippen molar-refractivity contribution in [2.75, 3.05) is 36.7 Å². The van der Waals surface area contributed by atoms with E-state index in [2.05, 4.69) is 15.6 Å². The number of carbonyl (C=O) groups excluding carboxylic acids is 1. The maximum Gasteiger partial charge on any atom is 0.274 e. The van der Waals surface area contributed by atoms with E-state index < -0.39 is 0 Å². The molecule has 3 aromatic rings. The Morgan fingerprint density at radius 1 is 1.00 bits per heavy atom. The van der Waals surface area contributed by atoms with E-state index in [0.717, 1.165) is 22.6 Å². The molecule has 144 valence electrons. The number of ether oxygens (including phenoxy) is 1. The van der Waals surface area contributed by atoms with Crippen LogP contribution in [0.3, 0.4) is 0 Å². The van der Waals surface area contributed by atoms with E-state index in [1.807, 2.05) is 74.4 Å². The smallest absolute Gasteiger partial charge is 0.274 e. The second kappa shape index (κ2) is 8.43. The fraction of sp³-hybridized carbons (Fsp3) is 0.182. The number of benzene rings is 2. The van der Waals surface area contributed by atoms with Crippen molar-refractivity contribution in [2.24, 2.45) is 0 Å². The van der Waals surface area contributed by atoms with Crippen molar-refractivity contribution in [2.45, 2.75) is 6.92 Å². The molecule has 0 aliphatic carbocycles. The molecule has 0 aliphatic heterocycles. The zero-order valence-electron chi connectivity index (χ0n) is 16.5. The van der Waals surface area contributed by atoms with Crippen LogP contribution < -0.4 is 20.3 Å². The molecule has 1 aromatic heterocycles. The minimum Gasteiger partial charge on any atom is -0.495 e. The predicted octanol–water partition coefficient (Wildman–Crippen LogP) is 4.46. The topological polar surface area (TPSA) is 66.5 Å². The second-order valence-corrected chi connectivity index (χ2v) is 6.66. The number of pyridine rings is 1. The lowest BCUT2D eigenvalue weighted by Crippen LogP contribution is -2.14. The Labute approximate surface area is 165 Å². The lowest BCUT2D eigenvalue weighted by atomic mass is 10.2. The minimum absolute atomic E-state index is 0.286. The molecule has 0 aliphatic rings. The highest BCUT2D eigenvalue weighted by Gasteiger charge is 2.11. The van der Waals surface area contributed by atoms with Crippen molar-refractivity contribution in [3.8, 4) is 5.75 Å². The van der Waals surface area contributed by atoms with Gasteiger partial charge in [0.15, 0.2) is 0 Å². The van der Waals surface area contributed by atoms with Crippen LogP contribution in [0.4, 0.5) is 22.7 Å². The number of hydrogen-bond acceptors (Lipinski definition) is 5. The lowest BCUT2D eigenvalue weighted by Gasteiger charge is -2.13. The average molecular weight is 376 g/mol. The number of methoxy groups -OCH3 is 1.